The number of hydrogen-bond acceptors (Lipinski definition) is 3. The number of rotatable bonds is 3. The van der Waals surface area contributed by atoms with Crippen LogP contribution in [0.5, 0.6) is 0 Å². The Balaban J connectivity index is 1.88. The van der Waals surface area contributed by atoms with Crippen molar-refractivity contribution in [3.8, 4) is 5.69 Å². The van der Waals surface area contributed by atoms with Crippen LogP contribution in [0.15, 0.2) is 42.7 Å². The number of anilines is 1. The van der Waals surface area contributed by atoms with E-state index in [0.29, 0.717) is 21.3 Å². The van der Waals surface area contributed by atoms with Crippen LogP contribution in [0, 0.1) is 12.7 Å². The summed E-state index contributed by atoms with van der Waals surface area (Å²) >= 11 is 12.0. The predicted octanol–water partition coefficient (Wildman–Crippen LogP) is 4.27. The Kier molecular flexibility index (Phi) is 4.51. The van der Waals surface area contributed by atoms with E-state index in [-0.39, 0.29) is 11.5 Å². The number of pyridine rings is 1. The minimum absolute atomic E-state index is 0.215. The molecule has 1 N–H and O–H groups in total. The van der Waals surface area contributed by atoms with Gasteiger partial charge in [0.05, 0.1) is 16.9 Å². The van der Waals surface area contributed by atoms with Gasteiger partial charge in [-0.2, -0.15) is 5.10 Å². The third-order valence-electron chi connectivity index (χ3n) is 3.24. The molecule has 0 aliphatic carbocycles. The highest BCUT2D eigenvalue weighted by Crippen LogP contribution is 2.24. The second-order valence-corrected chi connectivity index (χ2v) is 5.86. The van der Waals surface area contributed by atoms with Crippen LogP contribution >= 0.6 is 23.2 Å². The summed E-state index contributed by atoms with van der Waals surface area (Å²) < 4.78 is 14.4. The van der Waals surface area contributed by atoms with Crippen LogP contribution in [0.25, 0.3) is 5.69 Å². The molecule has 2 heterocycles. The SMILES string of the molecule is Cc1cn(-c2ccc(Cl)cc2Cl)nc1C(=O)Nc1ccc(F)cn1. The van der Waals surface area contributed by atoms with Crippen LogP contribution in [0.1, 0.15) is 16.1 Å². The second kappa shape index (κ2) is 6.59. The van der Waals surface area contributed by atoms with E-state index >= 15 is 0 Å². The topological polar surface area (TPSA) is 59.8 Å². The molecule has 1 aromatic carbocycles. The van der Waals surface area contributed by atoms with Gasteiger partial charge in [-0.1, -0.05) is 23.2 Å². The summed E-state index contributed by atoms with van der Waals surface area (Å²) in [6, 6.07) is 7.57. The van der Waals surface area contributed by atoms with Crippen LogP contribution in [0.3, 0.4) is 0 Å². The monoisotopic (exact) mass is 364 g/mol. The lowest BCUT2D eigenvalue weighted by atomic mass is 10.2. The first-order valence-corrected chi connectivity index (χ1v) is 7.64. The number of carbonyl (C=O) groups excluding carboxylic acids is 1. The fraction of sp³-hybridized carbons (Fsp3) is 0.0625. The lowest BCUT2D eigenvalue weighted by Crippen LogP contribution is -2.15. The number of halogens is 3. The van der Waals surface area contributed by atoms with Crippen LogP contribution in [-0.2, 0) is 0 Å². The zero-order valence-corrected chi connectivity index (χ0v) is 13.9. The van der Waals surface area contributed by atoms with Gasteiger partial charge in [0.15, 0.2) is 5.69 Å². The first kappa shape index (κ1) is 16.4. The van der Waals surface area contributed by atoms with Gasteiger partial charge in [0.2, 0.25) is 0 Å². The lowest BCUT2D eigenvalue weighted by Gasteiger charge is -2.04. The van der Waals surface area contributed by atoms with E-state index in [4.69, 9.17) is 23.2 Å². The highest BCUT2D eigenvalue weighted by Gasteiger charge is 2.16. The summed E-state index contributed by atoms with van der Waals surface area (Å²) in [5.74, 6) is -0.693. The van der Waals surface area contributed by atoms with Crippen molar-refractivity contribution < 1.29 is 9.18 Å². The highest BCUT2D eigenvalue weighted by molar-refractivity contribution is 6.35. The zero-order chi connectivity index (χ0) is 17.3. The molecule has 5 nitrogen and oxygen atoms in total. The molecule has 0 spiro atoms. The van der Waals surface area contributed by atoms with Gasteiger partial charge in [-0.3, -0.25) is 4.79 Å². The van der Waals surface area contributed by atoms with Gasteiger partial charge < -0.3 is 5.32 Å². The van der Waals surface area contributed by atoms with Crippen LogP contribution in [-0.4, -0.2) is 20.7 Å². The molecule has 0 saturated heterocycles. The fourth-order valence-electron chi connectivity index (χ4n) is 2.10. The Morgan fingerprint density at radius 1 is 1.25 bits per heavy atom. The van der Waals surface area contributed by atoms with Gasteiger partial charge in [0.25, 0.3) is 5.91 Å². The number of aryl methyl sites for hydroxylation is 1. The number of amides is 1. The van der Waals surface area contributed by atoms with E-state index in [0.717, 1.165) is 6.20 Å². The standard InChI is InChI=1S/C16H11Cl2FN4O/c1-9-8-23(13-4-2-10(17)6-12(13)18)22-15(9)16(24)21-14-5-3-11(19)7-20-14/h2-8H,1H3,(H,20,21,24). The van der Waals surface area contributed by atoms with E-state index in [9.17, 15) is 9.18 Å². The molecule has 3 rings (SSSR count). The average Bonchev–Trinajstić information content (AvgIpc) is 2.91. The van der Waals surface area contributed by atoms with E-state index in [1.54, 1.807) is 31.3 Å². The van der Waals surface area contributed by atoms with Crippen molar-refractivity contribution in [1.82, 2.24) is 14.8 Å². The second-order valence-electron chi connectivity index (χ2n) is 5.02. The summed E-state index contributed by atoms with van der Waals surface area (Å²) in [6.45, 7) is 1.75. The van der Waals surface area contributed by atoms with E-state index in [1.165, 1.54) is 16.8 Å². The summed E-state index contributed by atoms with van der Waals surface area (Å²) in [5, 5.41) is 7.75. The number of benzene rings is 1. The number of nitrogens with one attached hydrogen (secondary N) is 1. The minimum Gasteiger partial charge on any atom is -0.305 e. The van der Waals surface area contributed by atoms with Crippen molar-refractivity contribution in [3.63, 3.8) is 0 Å². The Morgan fingerprint density at radius 3 is 2.71 bits per heavy atom. The molecule has 1 amide bonds. The van der Waals surface area contributed by atoms with Crippen LogP contribution < -0.4 is 5.32 Å². The molecule has 2 aromatic heterocycles. The molecule has 122 valence electrons. The Morgan fingerprint density at radius 2 is 2.04 bits per heavy atom. The van der Waals surface area contributed by atoms with Crippen LogP contribution in [0.4, 0.5) is 10.2 Å². The summed E-state index contributed by atoms with van der Waals surface area (Å²) in [4.78, 5) is 16.1. The lowest BCUT2D eigenvalue weighted by molar-refractivity contribution is 0.102. The molecule has 0 aliphatic rings. The minimum atomic E-state index is -0.481. The normalized spacial score (nSPS) is 10.7. The van der Waals surface area contributed by atoms with Crippen molar-refractivity contribution in [2.45, 2.75) is 6.92 Å². The number of carbonyl (C=O) groups is 1. The smallest absolute Gasteiger partial charge is 0.277 e. The average molecular weight is 365 g/mol. The van der Waals surface area contributed by atoms with Crippen molar-refractivity contribution in [3.05, 3.63) is 69.8 Å². The molecular formula is C16H11Cl2FN4O. The molecule has 3 aromatic rings. The predicted molar refractivity (Wildman–Crippen MR) is 90.5 cm³/mol. The zero-order valence-electron chi connectivity index (χ0n) is 12.4. The van der Waals surface area contributed by atoms with Crippen molar-refractivity contribution in [2.75, 3.05) is 5.32 Å². The molecule has 0 radical (unpaired) electrons. The number of nitrogens with zero attached hydrogens (tertiary/aromatic N) is 3. The third kappa shape index (κ3) is 3.39. The van der Waals surface area contributed by atoms with E-state index < -0.39 is 11.7 Å². The summed E-state index contributed by atoms with van der Waals surface area (Å²) in [7, 11) is 0. The first-order valence-electron chi connectivity index (χ1n) is 6.88. The fourth-order valence-corrected chi connectivity index (χ4v) is 2.60. The van der Waals surface area contributed by atoms with Crippen molar-refractivity contribution in [2.24, 2.45) is 0 Å². The highest BCUT2D eigenvalue weighted by atomic mass is 35.5. The van der Waals surface area contributed by atoms with Gasteiger partial charge in [-0.25, -0.2) is 14.1 Å². The molecule has 0 bridgehead atoms. The van der Waals surface area contributed by atoms with Gasteiger partial charge >= 0.3 is 0 Å². The van der Waals surface area contributed by atoms with Crippen LogP contribution in [0.2, 0.25) is 10.0 Å². The number of hydrogen-bond donors (Lipinski definition) is 1. The molecule has 8 heteroatoms. The van der Waals surface area contributed by atoms with Gasteiger partial charge in [-0.05, 0) is 37.3 Å². The number of aromatic nitrogens is 3. The maximum atomic E-state index is 12.9. The third-order valence-corrected chi connectivity index (χ3v) is 3.78. The molecule has 0 unspecified atom stereocenters. The van der Waals surface area contributed by atoms with Gasteiger partial charge in [-0.15, -0.1) is 0 Å². The van der Waals surface area contributed by atoms with Gasteiger partial charge in [0.1, 0.15) is 11.6 Å². The Hall–Kier alpha value is -2.44. The molecular weight excluding hydrogens is 354 g/mol. The largest absolute Gasteiger partial charge is 0.305 e. The first-order chi connectivity index (χ1) is 11.4. The summed E-state index contributed by atoms with van der Waals surface area (Å²) in [5.41, 5.74) is 1.47. The molecule has 0 saturated carbocycles. The molecule has 0 fully saturated rings. The maximum absolute atomic E-state index is 12.9. The Bertz CT molecular complexity index is 909. The summed E-state index contributed by atoms with van der Waals surface area (Å²) in [6.07, 6.45) is 2.71. The van der Waals surface area contributed by atoms with Crippen molar-refractivity contribution >= 4 is 34.9 Å². The Labute approximate surface area is 147 Å². The molecule has 0 atom stereocenters. The maximum Gasteiger partial charge on any atom is 0.277 e. The van der Waals surface area contributed by atoms with Gasteiger partial charge in [0, 0.05) is 16.8 Å². The van der Waals surface area contributed by atoms with E-state index in [2.05, 4.69) is 15.4 Å². The molecule has 0 aliphatic heterocycles. The molecule has 24 heavy (non-hydrogen) atoms. The van der Waals surface area contributed by atoms with Crippen molar-refractivity contribution in [1.29, 1.82) is 0 Å². The quantitative estimate of drug-likeness (QED) is 0.754. The van der Waals surface area contributed by atoms with E-state index in [1.807, 2.05) is 0 Å².